The van der Waals surface area contributed by atoms with Crippen molar-refractivity contribution in [1.82, 2.24) is 10.2 Å². The van der Waals surface area contributed by atoms with Crippen LogP contribution in [0.3, 0.4) is 0 Å². The molecule has 0 radical (unpaired) electrons. The summed E-state index contributed by atoms with van der Waals surface area (Å²) in [4.78, 5) is 11.9. The van der Waals surface area contributed by atoms with E-state index >= 15 is 0 Å². The average Bonchev–Trinajstić information content (AvgIpc) is 2.80. The lowest BCUT2D eigenvalue weighted by Crippen LogP contribution is -2.14. The Balaban J connectivity index is 2.32. The lowest BCUT2D eigenvalue weighted by atomic mass is 10.3. The fraction of sp³-hybridized carbons (Fsp3) is 0.100. The van der Waals surface area contributed by atoms with E-state index in [1.807, 2.05) is 0 Å². The van der Waals surface area contributed by atoms with Gasteiger partial charge in [-0.15, -0.1) is 10.2 Å². The van der Waals surface area contributed by atoms with Crippen LogP contribution in [-0.2, 0) is 0 Å². The standard InChI is InChI=1S/C10H4BrCl2F2N3O2S/c11-4-1-3(12)2-5(6(4)20-10(14)15)16-7(19)8-17-18-9(13)21-8/h1-2,10H,(H,16,19). The van der Waals surface area contributed by atoms with E-state index in [9.17, 15) is 13.6 Å². The molecule has 0 aliphatic carbocycles. The van der Waals surface area contributed by atoms with Crippen molar-refractivity contribution in [2.75, 3.05) is 5.32 Å². The topological polar surface area (TPSA) is 64.1 Å². The molecule has 0 aliphatic rings. The van der Waals surface area contributed by atoms with Gasteiger partial charge in [-0.2, -0.15) is 8.78 Å². The molecule has 0 atom stereocenters. The number of benzene rings is 1. The number of carbonyl (C=O) groups is 1. The SMILES string of the molecule is O=C(Nc1cc(Cl)cc(Br)c1OC(F)F)c1nnc(Cl)s1. The van der Waals surface area contributed by atoms with E-state index in [-0.39, 0.29) is 30.4 Å². The maximum absolute atomic E-state index is 12.4. The fourth-order valence-electron chi connectivity index (χ4n) is 1.33. The van der Waals surface area contributed by atoms with Crippen LogP contribution in [0.2, 0.25) is 9.49 Å². The quantitative estimate of drug-likeness (QED) is 0.795. The first-order valence-corrected chi connectivity index (χ1v) is 7.47. The van der Waals surface area contributed by atoms with Gasteiger partial charge in [-0.05, 0) is 39.7 Å². The fourth-order valence-corrected chi connectivity index (χ4v) is 2.96. The molecular weight excluding hydrogens is 415 g/mol. The summed E-state index contributed by atoms with van der Waals surface area (Å²) in [5.74, 6) is -0.925. The number of aromatic nitrogens is 2. The molecule has 0 unspecified atom stereocenters. The third-order valence-corrected chi connectivity index (χ3v) is 3.88. The van der Waals surface area contributed by atoms with Gasteiger partial charge < -0.3 is 10.1 Å². The number of amides is 1. The minimum atomic E-state index is -3.06. The monoisotopic (exact) mass is 417 g/mol. The number of ether oxygens (including phenoxy) is 1. The number of alkyl halides is 2. The van der Waals surface area contributed by atoms with Crippen molar-refractivity contribution in [3.63, 3.8) is 0 Å². The number of hydrogen-bond donors (Lipinski definition) is 1. The molecule has 0 saturated heterocycles. The van der Waals surface area contributed by atoms with Crippen LogP contribution in [0.1, 0.15) is 9.80 Å². The second-order valence-electron chi connectivity index (χ2n) is 3.46. The molecule has 0 bridgehead atoms. The maximum Gasteiger partial charge on any atom is 0.387 e. The molecule has 112 valence electrons. The van der Waals surface area contributed by atoms with Gasteiger partial charge in [0.15, 0.2) is 5.75 Å². The molecule has 0 saturated carbocycles. The smallest absolute Gasteiger partial charge is 0.387 e. The molecule has 5 nitrogen and oxygen atoms in total. The van der Waals surface area contributed by atoms with E-state index in [4.69, 9.17) is 23.2 Å². The number of anilines is 1. The molecule has 1 N–H and O–H groups in total. The summed E-state index contributed by atoms with van der Waals surface area (Å²) in [6.07, 6.45) is 0. The third-order valence-electron chi connectivity index (χ3n) is 2.06. The van der Waals surface area contributed by atoms with Crippen molar-refractivity contribution in [3.8, 4) is 5.75 Å². The number of halogens is 5. The number of rotatable bonds is 4. The Bertz CT molecular complexity index is 686. The maximum atomic E-state index is 12.4. The molecule has 2 rings (SSSR count). The van der Waals surface area contributed by atoms with Crippen molar-refractivity contribution in [3.05, 3.63) is 31.1 Å². The number of nitrogens with one attached hydrogen (secondary N) is 1. The normalized spacial score (nSPS) is 10.8. The van der Waals surface area contributed by atoms with Crippen molar-refractivity contribution in [1.29, 1.82) is 0 Å². The molecule has 1 heterocycles. The highest BCUT2D eigenvalue weighted by molar-refractivity contribution is 9.10. The van der Waals surface area contributed by atoms with Gasteiger partial charge in [0.25, 0.3) is 5.91 Å². The summed E-state index contributed by atoms with van der Waals surface area (Å²) in [7, 11) is 0. The predicted molar refractivity (Wildman–Crippen MR) is 78.7 cm³/mol. The summed E-state index contributed by atoms with van der Waals surface area (Å²) < 4.78 is 29.4. The largest absolute Gasteiger partial charge is 0.431 e. The Kier molecular flexibility index (Phi) is 5.31. The zero-order chi connectivity index (χ0) is 15.6. The average molecular weight is 419 g/mol. The predicted octanol–water partition coefficient (Wildman–Crippen LogP) is 4.46. The second-order valence-corrected chi connectivity index (χ2v) is 6.31. The van der Waals surface area contributed by atoms with Crippen LogP contribution < -0.4 is 10.1 Å². The molecule has 1 amide bonds. The van der Waals surface area contributed by atoms with Gasteiger partial charge in [0, 0.05) is 5.02 Å². The summed E-state index contributed by atoms with van der Waals surface area (Å²) in [6.45, 7) is -3.06. The van der Waals surface area contributed by atoms with Crippen LogP contribution in [0, 0.1) is 0 Å². The van der Waals surface area contributed by atoms with Gasteiger partial charge in [-0.3, -0.25) is 4.79 Å². The lowest BCUT2D eigenvalue weighted by Gasteiger charge is -2.13. The Labute approximate surface area is 139 Å². The first-order chi connectivity index (χ1) is 9.86. The van der Waals surface area contributed by atoms with Gasteiger partial charge in [0.05, 0.1) is 10.2 Å². The molecule has 11 heteroatoms. The highest BCUT2D eigenvalue weighted by Gasteiger charge is 2.19. The summed E-state index contributed by atoms with van der Waals surface area (Å²) in [5, 5.41) is 9.56. The van der Waals surface area contributed by atoms with E-state index in [2.05, 4.69) is 36.2 Å². The highest BCUT2D eigenvalue weighted by atomic mass is 79.9. The molecule has 0 aliphatic heterocycles. The van der Waals surface area contributed by atoms with Gasteiger partial charge in [-0.25, -0.2) is 0 Å². The van der Waals surface area contributed by atoms with Crippen molar-refractivity contribution in [2.45, 2.75) is 6.61 Å². The van der Waals surface area contributed by atoms with Gasteiger partial charge in [0.2, 0.25) is 9.47 Å². The van der Waals surface area contributed by atoms with Crippen LogP contribution in [0.25, 0.3) is 0 Å². The van der Waals surface area contributed by atoms with Crippen LogP contribution in [0.5, 0.6) is 5.75 Å². The zero-order valence-electron chi connectivity index (χ0n) is 9.74. The number of nitrogens with zero attached hydrogens (tertiary/aromatic N) is 2. The Hall–Kier alpha value is -1.03. The Morgan fingerprint density at radius 1 is 1.38 bits per heavy atom. The van der Waals surface area contributed by atoms with E-state index in [0.29, 0.717) is 0 Å². The molecular formula is C10H4BrCl2F2N3O2S. The molecule has 2 aromatic rings. The Morgan fingerprint density at radius 3 is 2.67 bits per heavy atom. The summed E-state index contributed by atoms with van der Waals surface area (Å²) >= 11 is 15.3. The van der Waals surface area contributed by atoms with Crippen LogP contribution in [-0.4, -0.2) is 22.7 Å². The van der Waals surface area contributed by atoms with Crippen LogP contribution in [0.4, 0.5) is 14.5 Å². The van der Waals surface area contributed by atoms with Crippen molar-refractivity contribution < 1.29 is 18.3 Å². The van der Waals surface area contributed by atoms with E-state index < -0.39 is 12.5 Å². The summed E-state index contributed by atoms with van der Waals surface area (Å²) in [6, 6.07) is 2.63. The van der Waals surface area contributed by atoms with Gasteiger partial charge in [-0.1, -0.05) is 22.9 Å². The van der Waals surface area contributed by atoms with Gasteiger partial charge >= 0.3 is 6.61 Å². The number of hydrogen-bond acceptors (Lipinski definition) is 5. The number of carbonyl (C=O) groups excluding carboxylic acids is 1. The van der Waals surface area contributed by atoms with E-state index in [1.54, 1.807) is 0 Å². The zero-order valence-corrected chi connectivity index (χ0v) is 13.7. The van der Waals surface area contributed by atoms with Crippen molar-refractivity contribution >= 4 is 62.1 Å². The highest BCUT2D eigenvalue weighted by Crippen LogP contribution is 2.37. The molecule has 1 aromatic heterocycles. The van der Waals surface area contributed by atoms with Crippen LogP contribution in [0.15, 0.2) is 16.6 Å². The van der Waals surface area contributed by atoms with Crippen molar-refractivity contribution in [2.24, 2.45) is 0 Å². The minimum absolute atomic E-state index is 0.0286. The minimum Gasteiger partial charge on any atom is -0.431 e. The lowest BCUT2D eigenvalue weighted by molar-refractivity contribution is -0.0498. The molecule has 21 heavy (non-hydrogen) atoms. The molecule has 1 aromatic carbocycles. The Morgan fingerprint density at radius 2 is 2.10 bits per heavy atom. The van der Waals surface area contributed by atoms with Gasteiger partial charge in [0.1, 0.15) is 0 Å². The van der Waals surface area contributed by atoms with Crippen LogP contribution >= 0.6 is 50.5 Å². The van der Waals surface area contributed by atoms with E-state index in [0.717, 1.165) is 11.3 Å². The first-order valence-electron chi connectivity index (χ1n) is 5.11. The first kappa shape index (κ1) is 16.3. The van der Waals surface area contributed by atoms with E-state index in [1.165, 1.54) is 12.1 Å². The molecule has 0 fully saturated rings. The second kappa shape index (κ2) is 6.82. The molecule has 0 spiro atoms. The third kappa shape index (κ3) is 4.22. The summed E-state index contributed by atoms with van der Waals surface area (Å²) in [5.41, 5.74) is -0.0361.